The van der Waals surface area contributed by atoms with Crippen molar-refractivity contribution < 1.29 is 14.1 Å². The normalized spacial score (nSPS) is 33.6. The summed E-state index contributed by atoms with van der Waals surface area (Å²) in [5.41, 5.74) is 2.15. The molecule has 2 aromatic carbocycles. The first-order chi connectivity index (χ1) is 17.1. The fraction of sp³-hybridized carbons (Fsp3) is 0.483. The minimum Gasteiger partial charge on any atom is -0.469 e. The van der Waals surface area contributed by atoms with Gasteiger partial charge in [-0.25, -0.2) is 9.34 Å². The van der Waals surface area contributed by atoms with Crippen LogP contribution in [0.4, 0.5) is 0 Å². The van der Waals surface area contributed by atoms with E-state index < -0.39 is 7.44 Å². The summed E-state index contributed by atoms with van der Waals surface area (Å²) in [5, 5.41) is 0. The van der Waals surface area contributed by atoms with Crippen LogP contribution in [0.5, 0.6) is 0 Å². The monoisotopic (exact) mass is 490 g/mol. The largest absolute Gasteiger partial charge is 0.469 e. The molecule has 0 N–H and O–H groups in total. The van der Waals surface area contributed by atoms with E-state index in [1.165, 1.54) is 31.1 Å². The zero-order chi connectivity index (χ0) is 24.0. The van der Waals surface area contributed by atoms with Crippen LogP contribution in [0.25, 0.3) is 0 Å². The van der Waals surface area contributed by atoms with E-state index in [0.29, 0.717) is 13.1 Å². The van der Waals surface area contributed by atoms with Crippen LogP contribution in [0.1, 0.15) is 43.2 Å². The Balaban J connectivity index is 1.48. The second-order valence-electron chi connectivity index (χ2n) is 10.7. The van der Waals surface area contributed by atoms with Crippen molar-refractivity contribution in [2.24, 2.45) is 17.8 Å². The molecular formula is C29H35N2O3P. The molecule has 3 fully saturated rings. The second-order valence-corrected chi connectivity index (χ2v) is 13.5. The summed E-state index contributed by atoms with van der Waals surface area (Å²) in [6.07, 6.45) is 9.77. The molecular weight excluding hydrogens is 455 g/mol. The molecule has 6 atom stereocenters. The SMILES string of the molecule is COC(=O)[C@H]1[C@H](P2(=O)N(Cc3ccccc3)[C@@H]3CCCC[C@H]3N2Cc2ccccc2)[C@H]2C=C[C@@H]1C2. The fourth-order valence-electron chi connectivity index (χ4n) is 7.39. The van der Waals surface area contributed by atoms with Gasteiger partial charge in [-0.1, -0.05) is 85.7 Å². The van der Waals surface area contributed by atoms with Gasteiger partial charge in [0.25, 0.3) is 0 Å². The summed E-state index contributed by atoms with van der Waals surface area (Å²) in [6, 6.07) is 21.4. The summed E-state index contributed by atoms with van der Waals surface area (Å²) in [7, 11) is -1.65. The molecule has 0 amide bonds. The number of ether oxygens (including phenoxy) is 1. The Labute approximate surface area is 208 Å². The minimum absolute atomic E-state index is 0.128. The second kappa shape index (κ2) is 9.35. The van der Waals surface area contributed by atoms with Gasteiger partial charge in [-0.2, -0.15) is 0 Å². The lowest BCUT2D eigenvalue weighted by molar-refractivity contribution is -0.146. The van der Waals surface area contributed by atoms with Gasteiger partial charge in [0.1, 0.15) is 0 Å². The maximum absolute atomic E-state index is 15.9. The molecule has 3 aliphatic carbocycles. The van der Waals surface area contributed by atoms with Gasteiger partial charge >= 0.3 is 5.97 Å². The van der Waals surface area contributed by atoms with E-state index in [0.717, 1.165) is 19.3 Å². The van der Waals surface area contributed by atoms with Crippen molar-refractivity contribution in [3.63, 3.8) is 0 Å². The van der Waals surface area contributed by atoms with Crippen molar-refractivity contribution in [2.75, 3.05) is 7.11 Å². The van der Waals surface area contributed by atoms with Crippen LogP contribution >= 0.6 is 7.44 Å². The Bertz CT molecular complexity index is 1080. The van der Waals surface area contributed by atoms with E-state index >= 15 is 4.57 Å². The number of fused-ring (bicyclic) bond motifs is 3. The molecule has 184 valence electrons. The molecule has 6 rings (SSSR count). The van der Waals surface area contributed by atoms with Gasteiger partial charge in [0, 0.05) is 25.2 Å². The van der Waals surface area contributed by atoms with E-state index in [1.807, 2.05) is 12.1 Å². The Morgan fingerprint density at radius 1 is 0.857 bits per heavy atom. The standard InChI is InChI=1S/C29H35N2O3P/c1-34-29(32)27-23-16-17-24(18-23)28(27)35(33)30(19-21-10-4-2-5-11-21)25-14-8-9-15-26(25)31(35)20-22-12-6-3-7-13-22/h2-7,10-13,16-17,23-28H,8-9,14-15,18-20H2,1H3/t23-,24+,25-,26-,27-,28-/m1/s1. The molecule has 2 bridgehead atoms. The van der Waals surface area contributed by atoms with Gasteiger partial charge < -0.3 is 4.74 Å². The van der Waals surface area contributed by atoms with Gasteiger partial charge in [0.05, 0.1) is 18.7 Å². The Morgan fingerprint density at radius 2 is 1.37 bits per heavy atom. The van der Waals surface area contributed by atoms with Gasteiger partial charge in [-0.05, 0) is 42.2 Å². The van der Waals surface area contributed by atoms with Crippen LogP contribution in [-0.2, 0) is 27.2 Å². The molecule has 1 saturated heterocycles. The third-order valence-corrected chi connectivity index (χ3v) is 12.7. The number of allylic oxidation sites excluding steroid dienone is 2. The number of hydrogen-bond acceptors (Lipinski definition) is 3. The van der Waals surface area contributed by atoms with E-state index in [-0.39, 0.29) is 41.5 Å². The van der Waals surface area contributed by atoms with Gasteiger partial charge in [-0.15, -0.1) is 0 Å². The highest BCUT2D eigenvalue weighted by atomic mass is 31.2. The molecule has 2 saturated carbocycles. The summed E-state index contributed by atoms with van der Waals surface area (Å²) in [6.45, 7) is 1.33. The first-order valence-electron chi connectivity index (χ1n) is 13.1. The molecule has 1 heterocycles. The molecule has 5 nitrogen and oxygen atoms in total. The Kier molecular flexibility index (Phi) is 6.20. The molecule has 4 aliphatic rings. The smallest absolute Gasteiger partial charge is 0.310 e. The molecule has 2 aromatic rings. The summed E-state index contributed by atoms with van der Waals surface area (Å²) < 4.78 is 25.9. The van der Waals surface area contributed by atoms with E-state index in [4.69, 9.17) is 4.74 Å². The highest BCUT2D eigenvalue weighted by Gasteiger charge is 2.65. The van der Waals surface area contributed by atoms with Crippen LogP contribution in [0, 0.1) is 17.8 Å². The van der Waals surface area contributed by atoms with Crippen molar-refractivity contribution in [3.05, 3.63) is 83.9 Å². The van der Waals surface area contributed by atoms with Crippen LogP contribution in [0.3, 0.4) is 0 Å². The first kappa shape index (κ1) is 23.2. The molecule has 0 spiro atoms. The maximum atomic E-state index is 15.9. The summed E-state index contributed by atoms with van der Waals surface area (Å²) in [4.78, 5) is 13.1. The number of nitrogens with zero attached hydrogens (tertiary/aromatic N) is 2. The van der Waals surface area contributed by atoms with E-state index in [9.17, 15) is 4.79 Å². The average molecular weight is 491 g/mol. The molecule has 1 aliphatic heterocycles. The lowest BCUT2D eigenvalue weighted by Gasteiger charge is -2.41. The van der Waals surface area contributed by atoms with Crippen molar-refractivity contribution >= 4 is 13.4 Å². The zero-order valence-corrected chi connectivity index (χ0v) is 21.3. The topological polar surface area (TPSA) is 49.9 Å². The fourth-order valence-corrected chi connectivity index (χ4v) is 12.0. The summed E-state index contributed by atoms with van der Waals surface area (Å²) in [5.74, 6) is -0.247. The number of benzene rings is 2. The number of hydrogen-bond donors (Lipinski definition) is 0. The quantitative estimate of drug-likeness (QED) is 0.288. The summed E-state index contributed by atoms with van der Waals surface area (Å²) >= 11 is 0. The first-order valence-corrected chi connectivity index (χ1v) is 14.8. The lowest BCUT2D eigenvalue weighted by atomic mass is 9.90. The molecule has 0 aromatic heterocycles. The van der Waals surface area contributed by atoms with Crippen molar-refractivity contribution in [1.82, 2.24) is 9.34 Å². The predicted octanol–water partition coefficient (Wildman–Crippen LogP) is 5.87. The van der Waals surface area contributed by atoms with Crippen molar-refractivity contribution in [2.45, 2.75) is 62.9 Å². The third kappa shape index (κ3) is 3.84. The third-order valence-electron chi connectivity index (χ3n) is 8.85. The highest BCUT2D eigenvalue weighted by Crippen LogP contribution is 2.73. The average Bonchev–Trinajstić information content (AvgIpc) is 3.58. The molecule has 35 heavy (non-hydrogen) atoms. The Morgan fingerprint density at radius 3 is 1.89 bits per heavy atom. The van der Waals surface area contributed by atoms with E-state index in [1.54, 1.807) is 0 Å². The van der Waals surface area contributed by atoms with Gasteiger partial charge in [-0.3, -0.25) is 9.36 Å². The minimum atomic E-state index is -3.13. The van der Waals surface area contributed by atoms with Crippen LogP contribution in [-0.4, -0.2) is 40.2 Å². The zero-order valence-electron chi connectivity index (χ0n) is 20.4. The van der Waals surface area contributed by atoms with E-state index in [2.05, 4.69) is 70.0 Å². The molecule has 6 heteroatoms. The van der Waals surface area contributed by atoms with Gasteiger partial charge in [0.2, 0.25) is 7.44 Å². The molecule has 0 radical (unpaired) electrons. The molecule has 0 unspecified atom stereocenters. The van der Waals surface area contributed by atoms with Crippen LogP contribution in [0.15, 0.2) is 72.8 Å². The van der Waals surface area contributed by atoms with Crippen LogP contribution in [0.2, 0.25) is 0 Å². The number of methoxy groups -OCH3 is 1. The maximum Gasteiger partial charge on any atom is 0.310 e. The Hall–Kier alpha value is -2.20. The van der Waals surface area contributed by atoms with Crippen molar-refractivity contribution in [1.29, 1.82) is 0 Å². The lowest BCUT2D eigenvalue weighted by Crippen LogP contribution is -2.39. The number of carbonyl (C=O) groups is 1. The number of esters is 1. The highest BCUT2D eigenvalue weighted by molar-refractivity contribution is 7.60. The number of carbonyl (C=O) groups excluding carboxylic acids is 1. The van der Waals surface area contributed by atoms with Crippen LogP contribution < -0.4 is 0 Å². The number of rotatable bonds is 6. The predicted molar refractivity (Wildman–Crippen MR) is 138 cm³/mol. The van der Waals surface area contributed by atoms with Gasteiger partial charge in [0.15, 0.2) is 0 Å². The van der Waals surface area contributed by atoms with Crippen molar-refractivity contribution in [3.8, 4) is 0 Å².